The highest BCUT2D eigenvalue weighted by Gasteiger charge is 2.29. The maximum Gasteiger partial charge on any atom is 0.325 e. The summed E-state index contributed by atoms with van der Waals surface area (Å²) in [6.07, 6.45) is 2.37. The lowest BCUT2D eigenvalue weighted by atomic mass is 10.4. The van der Waals surface area contributed by atoms with Crippen molar-refractivity contribution in [1.82, 2.24) is 14.1 Å². The Balaban J connectivity index is 3.01. The minimum atomic E-state index is -3.71. The van der Waals surface area contributed by atoms with Gasteiger partial charge in [0, 0.05) is 25.9 Å². The third-order valence-corrected chi connectivity index (χ3v) is 4.77. The second kappa shape index (κ2) is 6.82. The van der Waals surface area contributed by atoms with Gasteiger partial charge in [0.25, 0.3) is 0 Å². The van der Waals surface area contributed by atoms with E-state index in [1.807, 2.05) is 0 Å². The van der Waals surface area contributed by atoms with Gasteiger partial charge in [0.2, 0.25) is 10.0 Å². The minimum absolute atomic E-state index is 0.0245. The molecule has 0 aliphatic rings. The molecule has 1 N–H and O–H groups in total. The van der Waals surface area contributed by atoms with E-state index in [1.165, 1.54) is 17.6 Å². The summed E-state index contributed by atoms with van der Waals surface area (Å²) in [6, 6.07) is -0.321. The number of rotatable bonds is 8. The number of aromatic nitrogens is 2. The molecule has 1 unspecified atom stereocenters. The fourth-order valence-electron chi connectivity index (χ4n) is 1.88. The summed E-state index contributed by atoms with van der Waals surface area (Å²) in [4.78, 5) is 10.5. The van der Waals surface area contributed by atoms with Crippen LogP contribution >= 0.6 is 0 Å². The number of carboxylic acid groups (broad SMARTS) is 1. The standard InChI is InChI=1S/C11H19N3O5S/c1-4-14(9(2)8-19-3)20(17,18)10-5-12-13(6-10)7-11(15)16/h5-6,9H,4,7-8H2,1-3H3,(H,15,16). The van der Waals surface area contributed by atoms with Gasteiger partial charge in [-0.1, -0.05) is 6.92 Å². The molecule has 0 spiro atoms. The topological polar surface area (TPSA) is 102 Å². The Labute approximate surface area is 118 Å². The van der Waals surface area contributed by atoms with Gasteiger partial charge in [0.1, 0.15) is 11.4 Å². The Bertz CT molecular complexity index is 554. The molecule has 0 saturated heterocycles. The van der Waals surface area contributed by atoms with Crippen molar-refractivity contribution in [3.63, 3.8) is 0 Å². The van der Waals surface area contributed by atoms with Crippen molar-refractivity contribution >= 4 is 16.0 Å². The van der Waals surface area contributed by atoms with Gasteiger partial charge in [-0.25, -0.2) is 8.42 Å². The zero-order valence-electron chi connectivity index (χ0n) is 11.7. The maximum absolute atomic E-state index is 12.4. The smallest absolute Gasteiger partial charge is 0.325 e. The van der Waals surface area contributed by atoms with Crippen LogP contribution in [0.4, 0.5) is 0 Å². The number of carboxylic acids is 1. The first-order valence-electron chi connectivity index (χ1n) is 6.08. The quantitative estimate of drug-likeness (QED) is 0.726. The molecule has 1 aromatic heterocycles. The first-order chi connectivity index (χ1) is 9.32. The molecule has 0 aliphatic heterocycles. The predicted octanol–water partition coefficient (Wildman–Crippen LogP) is 0.0132. The number of sulfonamides is 1. The van der Waals surface area contributed by atoms with E-state index in [0.29, 0.717) is 0 Å². The molecule has 0 bridgehead atoms. The molecule has 1 atom stereocenters. The highest BCUT2D eigenvalue weighted by molar-refractivity contribution is 7.89. The van der Waals surface area contributed by atoms with Gasteiger partial charge in [-0.3, -0.25) is 9.48 Å². The van der Waals surface area contributed by atoms with Crippen LogP contribution in [0, 0.1) is 0 Å². The summed E-state index contributed by atoms with van der Waals surface area (Å²) in [5, 5.41) is 12.4. The van der Waals surface area contributed by atoms with Gasteiger partial charge in [0.15, 0.2) is 0 Å². The summed E-state index contributed by atoms with van der Waals surface area (Å²) < 4.78 is 32.2. The lowest BCUT2D eigenvalue weighted by molar-refractivity contribution is -0.137. The molecule has 9 heteroatoms. The maximum atomic E-state index is 12.4. The Morgan fingerprint density at radius 2 is 2.25 bits per heavy atom. The Kier molecular flexibility index (Phi) is 5.66. The van der Waals surface area contributed by atoms with Crippen LogP contribution in [-0.4, -0.2) is 59.9 Å². The van der Waals surface area contributed by atoms with E-state index < -0.39 is 16.0 Å². The summed E-state index contributed by atoms with van der Waals surface area (Å²) >= 11 is 0. The highest BCUT2D eigenvalue weighted by atomic mass is 32.2. The molecule has 1 rings (SSSR count). The summed E-state index contributed by atoms with van der Waals surface area (Å²) in [5.74, 6) is -1.09. The fraction of sp³-hybridized carbons (Fsp3) is 0.636. The van der Waals surface area contributed by atoms with Crippen LogP contribution in [0.1, 0.15) is 13.8 Å². The lowest BCUT2D eigenvalue weighted by Gasteiger charge is -2.25. The van der Waals surface area contributed by atoms with Gasteiger partial charge in [0.05, 0.1) is 12.8 Å². The Morgan fingerprint density at radius 1 is 1.60 bits per heavy atom. The highest BCUT2D eigenvalue weighted by Crippen LogP contribution is 2.17. The third kappa shape index (κ3) is 3.78. The lowest BCUT2D eigenvalue weighted by Crippen LogP contribution is -2.40. The normalized spacial score (nSPS) is 13.6. The van der Waals surface area contributed by atoms with Crippen LogP contribution in [0.5, 0.6) is 0 Å². The minimum Gasteiger partial charge on any atom is -0.480 e. The van der Waals surface area contributed by atoms with Crippen LogP contribution in [0.15, 0.2) is 17.3 Å². The summed E-state index contributed by atoms with van der Waals surface area (Å²) in [7, 11) is -2.21. The van der Waals surface area contributed by atoms with Crippen LogP contribution in [0.3, 0.4) is 0 Å². The molecule has 0 radical (unpaired) electrons. The monoisotopic (exact) mass is 305 g/mol. The first-order valence-corrected chi connectivity index (χ1v) is 7.52. The molecule has 1 aromatic rings. The van der Waals surface area contributed by atoms with E-state index in [9.17, 15) is 13.2 Å². The van der Waals surface area contributed by atoms with Crippen LogP contribution < -0.4 is 0 Å². The molecular formula is C11H19N3O5S. The van der Waals surface area contributed by atoms with Crippen LogP contribution in [-0.2, 0) is 26.1 Å². The second-order valence-corrected chi connectivity index (χ2v) is 6.17. The number of likely N-dealkylation sites (N-methyl/N-ethyl adjacent to an activating group) is 1. The number of ether oxygens (including phenoxy) is 1. The van der Waals surface area contributed by atoms with Crippen LogP contribution in [0.25, 0.3) is 0 Å². The fourth-order valence-corrected chi connectivity index (χ4v) is 3.46. The van der Waals surface area contributed by atoms with Gasteiger partial charge in [-0.05, 0) is 6.92 Å². The SMILES string of the molecule is CCN(C(C)COC)S(=O)(=O)c1cnn(CC(=O)O)c1. The molecule has 0 amide bonds. The molecule has 0 aliphatic carbocycles. The summed E-state index contributed by atoms with van der Waals surface area (Å²) in [6.45, 7) is 3.65. The molecule has 0 fully saturated rings. The number of hydrogen-bond donors (Lipinski definition) is 1. The first kappa shape index (κ1) is 16.6. The van der Waals surface area contributed by atoms with Crippen molar-refractivity contribution in [2.24, 2.45) is 0 Å². The van der Waals surface area contributed by atoms with Crippen molar-refractivity contribution in [2.75, 3.05) is 20.3 Å². The van der Waals surface area contributed by atoms with Gasteiger partial charge in [-0.2, -0.15) is 9.40 Å². The van der Waals surface area contributed by atoms with E-state index >= 15 is 0 Å². The largest absolute Gasteiger partial charge is 0.480 e. The zero-order valence-corrected chi connectivity index (χ0v) is 12.5. The van der Waals surface area contributed by atoms with Crippen molar-refractivity contribution < 1.29 is 23.1 Å². The molecule has 0 aromatic carbocycles. The zero-order chi connectivity index (χ0) is 15.3. The van der Waals surface area contributed by atoms with Gasteiger partial charge < -0.3 is 9.84 Å². The van der Waals surface area contributed by atoms with Gasteiger partial charge in [-0.15, -0.1) is 0 Å². The molecular weight excluding hydrogens is 286 g/mol. The molecule has 8 nitrogen and oxygen atoms in total. The molecule has 114 valence electrons. The van der Waals surface area contributed by atoms with E-state index in [-0.39, 0.29) is 30.6 Å². The van der Waals surface area contributed by atoms with E-state index in [0.717, 1.165) is 10.9 Å². The Hall–Kier alpha value is -1.45. The van der Waals surface area contributed by atoms with Crippen molar-refractivity contribution in [3.8, 4) is 0 Å². The number of nitrogens with zero attached hydrogens (tertiary/aromatic N) is 3. The number of hydrogen-bond acceptors (Lipinski definition) is 5. The third-order valence-electron chi connectivity index (χ3n) is 2.72. The van der Waals surface area contributed by atoms with Crippen molar-refractivity contribution in [2.45, 2.75) is 31.3 Å². The van der Waals surface area contributed by atoms with Gasteiger partial charge >= 0.3 is 5.97 Å². The number of methoxy groups -OCH3 is 1. The van der Waals surface area contributed by atoms with E-state index in [1.54, 1.807) is 13.8 Å². The van der Waals surface area contributed by atoms with E-state index in [2.05, 4.69) is 5.10 Å². The van der Waals surface area contributed by atoms with Crippen molar-refractivity contribution in [3.05, 3.63) is 12.4 Å². The average Bonchev–Trinajstić information content (AvgIpc) is 2.78. The Morgan fingerprint density at radius 3 is 2.75 bits per heavy atom. The molecule has 0 saturated carbocycles. The number of aliphatic carboxylic acids is 1. The van der Waals surface area contributed by atoms with E-state index in [4.69, 9.17) is 9.84 Å². The van der Waals surface area contributed by atoms with Crippen molar-refractivity contribution in [1.29, 1.82) is 0 Å². The number of carbonyl (C=O) groups is 1. The van der Waals surface area contributed by atoms with Crippen LogP contribution in [0.2, 0.25) is 0 Å². The molecule has 1 heterocycles. The molecule has 20 heavy (non-hydrogen) atoms. The second-order valence-electron chi connectivity index (χ2n) is 4.28. The average molecular weight is 305 g/mol. The summed E-state index contributed by atoms with van der Waals surface area (Å²) in [5.41, 5.74) is 0. The predicted molar refractivity (Wildman–Crippen MR) is 70.8 cm³/mol.